The molecule has 0 aliphatic heterocycles. The summed E-state index contributed by atoms with van der Waals surface area (Å²) in [5.74, 6) is -0.269. The highest BCUT2D eigenvalue weighted by molar-refractivity contribution is 7.12. The lowest BCUT2D eigenvalue weighted by atomic mass is 9.82. The lowest BCUT2D eigenvalue weighted by molar-refractivity contribution is -0.127. The predicted molar refractivity (Wildman–Crippen MR) is 82.3 cm³/mol. The molecule has 0 aromatic carbocycles. The van der Waals surface area contributed by atoms with Crippen molar-refractivity contribution in [2.45, 2.75) is 44.1 Å². The summed E-state index contributed by atoms with van der Waals surface area (Å²) >= 11 is 1.39. The Morgan fingerprint density at radius 1 is 1.19 bits per heavy atom. The Labute approximate surface area is 128 Å². The molecule has 1 saturated carbocycles. The molecule has 0 bridgehead atoms. The molecule has 1 aliphatic carbocycles. The average Bonchev–Trinajstić information content (AvgIpc) is 2.98. The number of carbonyl (C=O) groups excluding carboxylic acids is 2. The minimum atomic E-state index is -0.831. The molecule has 0 unspecified atom stereocenters. The Hall–Kier alpha value is -1.40. The van der Waals surface area contributed by atoms with Crippen LogP contribution in [0.25, 0.3) is 0 Å². The fourth-order valence-electron chi connectivity index (χ4n) is 2.62. The zero-order valence-corrected chi connectivity index (χ0v) is 12.9. The summed E-state index contributed by atoms with van der Waals surface area (Å²) in [4.78, 5) is 24.1. The first-order valence-electron chi connectivity index (χ1n) is 7.40. The smallest absolute Gasteiger partial charge is 0.261 e. The largest absolute Gasteiger partial charge is 0.389 e. The Balaban J connectivity index is 1.62. The number of rotatable bonds is 6. The molecule has 2 amide bonds. The summed E-state index contributed by atoms with van der Waals surface area (Å²) in [6, 6.07) is 3.59. The van der Waals surface area contributed by atoms with E-state index in [9.17, 15) is 14.7 Å². The summed E-state index contributed by atoms with van der Waals surface area (Å²) in [6.45, 7) is 0.771. The van der Waals surface area contributed by atoms with Gasteiger partial charge in [-0.1, -0.05) is 25.3 Å². The van der Waals surface area contributed by atoms with Crippen molar-refractivity contribution in [1.82, 2.24) is 10.6 Å². The molecule has 0 spiro atoms. The van der Waals surface area contributed by atoms with Crippen LogP contribution in [0, 0.1) is 0 Å². The second-order valence-corrected chi connectivity index (χ2v) is 6.49. The Bertz CT molecular complexity index is 467. The summed E-state index contributed by atoms with van der Waals surface area (Å²) in [6.07, 6.45) is 4.68. The molecule has 0 saturated heterocycles. The number of hydrogen-bond acceptors (Lipinski definition) is 4. The predicted octanol–water partition coefficient (Wildman–Crippen LogP) is 1.68. The normalized spacial score (nSPS) is 17.2. The van der Waals surface area contributed by atoms with E-state index in [1.807, 2.05) is 11.4 Å². The minimum absolute atomic E-state index is 0.120. The van der Waals surface area contributed by atoms with E-state index in [2.05, 4.69) is 10.6 Å². The zero-order valence-electron chi connectivity index (χ0n) is 12.1. The second kappa shape index (κ2) is 7.56. The van der Waals surface area contributed by atoms with Crippen LogP contribution >= 0.6 is 11.3 Å². The lowest BCUT2D eigenvalue weighted by Crippen LogP contribution is -2.40. The number of aliphatic hydroxyl groups is 1. The topological polar surface area (TPSA) is 78.4 Å². The van der Waals surface area contributed by atoms with Crippen LogP contribution in [-0.2, 0) is 4.79 Å². The quantitative estimate of drug-likeness (QED) is 0.700. The Kier molecular flexibility index (Phi) is 5.76. The SMILES string of the molecule is O=C(CC1(O)CCCCC1)NCCNC(=O)c1cccs1. The molecule has 6 heteroatoms. The number of amides is 2. The van der Waals surface area contributed by atoms with Gasteiger partial charge in [0.05, 0.1) is 16.9 Å². The Morgan fingerprint density at radius 3 is 2.57 bits per heavy atom. The van der Waals surface area contributed by atoms with Crippen molar-refractivity contribution in [3.63, 3.8) is 0 Å². The van der Waals surface area contributed by atoms with Crippen molar-refractivity contribution in [1.29, 1.82) is 0 Å². The molecule has 0 atom stereocenters. The first-order chi connectivity index (χ1) is 10.1. The average molecular weight is 310 g/mol. The van der Waals surface area contributed by atoms with E-state index in [1.54, 1.807) is 6.07 Å². The maximum atomic E-state index is 11.8. The summed E-state index contributed by atoms with van der Waals surface area (Å²) in [5, 5.41) is 17.6. The third-order valence-corrected chi connectivity index (χ3v) is 4.62. The number of hydrogen-bond donors (Lipinski definition) is 3. The van der Waals surface area contributed by atoms with E-state index in [0.29, 0.717) is 30.8 Å². The lowest BCUT2D eigenvalue weighted by Gasteiger charge is -2.31. The summed E-state index contributed by atoms with van der Waals surface area (Å²) in [7, 11) is 0. The van der Waals surface area contributed by atoms with Crippen molar-refractivity contribution in [2.75, 3.05) is 13.1 Å². The van der Waals surface area contributed by atoms with Gasteiger partial charge in [0.15, 0.2) is 0 Å². The monoisotopic (exact) mass is 310 g/mol. The first-order valence-corrected chi connectivity index (χ1v) is 8.28. The van der Waals surface area contributed by atoms with Crippen molar-refractivity contribution >= 4 is 23.2 Å². The van der Waals surface area contributed by atoms with Crippen molar-refractivity contribution < 1.29 is 14.7 Å². The maximum Gasteiger partial charge on any atom is 0.261 e. The first kappa shape index (κ1) is 16.0. The molecule has 21 heavy (non-hydrogen) atoms. The number of nitrogens with one attached hydrogen (secondary N) is 2. The summed E-state index contributed by atoms with van der Waals surface area (Å²) in [5.41, 5.74) is -0.831. The van der Waals surface area contributed by atoms with Gasteiger partial charge in [0.25, 0.3) is 5.91 Å². The number of thiophene rings is 1. The van der Waals surface area contributed by atoms with Gasteiger partial charge in [-0.3, -0.25) is 9.59 Å². The minimum Gasteiger partial charge on any atom is -0.389 e. The van der Waals surface area contributed by atoms with Crippen LogP contribution in [0.1, 0.15) is 48.2 Å². The van der Waals surface area contributed by atoms with E-state index >= 15 is 0 Å². The Morgan fingerprint density at radius 2 is 1.90 bits per heavy atom. The van der Waals surface area contributed by atoms with Crippen LogP contribution < -0.4 is 10.6 Å². The van der Waals surface area contributed by atoms with Gasteiger partial charge >= 0.3 is 0 Å². The van der Waals surface area contributed by atoms with Crippen LogP contribution in [0.15, 0.2) is 17.5 Å². The van der Waals surface area contributed by atoms with Crippen LogP contribution in [0.3, 0.4) is 0 Å². The van der Waals surface area contributed by atoms with E-state index in [0.717, 1.165) is 19.3 Å². The third kappa shape index (κ3) is 5.13. The molecule has 2 rings (SSSR count). The molecular weight excluding hydrogens is 288 g/mol. The van der Waals surface area contributed by atoms with Crippen molar-refractivity contribution in [3.8, 4) is 0 Å². The molecule has 0 radical (unpaired) electrons. The molecule has 1 aliphatic rings. The van der Waals surface area contributed by atoms with Gasteiger partial charge in [-0.2, -0.15) is 0 Å². The molecule has 3 N–H and O–H groups in total. The molecule has 116 valence electrons. The van der Waals surface area contributed by atoms with Crippen molar-refractivity contribution in [3.05, 3.63) is 22.4 Å². The fraction of sp³-hybridized carbons (Fsp3) is 0.600. The van der Waals surface area contributed by atoms with E-state index in [4.69, 9.17) is 0 Å². The van der Waals surface area contributed by atoms with Crippen LogP contribution in [-0.4, -0.2) is 35.6 Å². The molecule has 1 heterocycles. The van der Waals surface area contributed by atoms with Gasteiger partial charge in [-0.15, -0.1) is 11.3 Å². The van der Waals surface area contributed by atoms with Crippen molar-refractivity contribution in [2.24, 2.45) is 0 Å². The third-order valence-electron chi connectivity index (χ3n) is 3.75. The van der Waals surface area contributed by atoms with Gasteiger partial charge < -0.3 is 15.7 Å². The highest BCUT2D eigenvalue weighted by atomic mass is 32.1. The van der Waals surface area contributed by atoms with Gasteiger partial charge in [-0.05, 0) is 24.3 Å². The summed E-state index contributed by atoms with van der Waals surface area (Å²) < 4.78 is 0. The zero-order chi connectivity index (χ0) is 15.1. The van der Waals surface area contributed by atoms with E-state index < -0.39 is 5.60 Å². The van der Waals surface area contributed by atoms with Gasteiger partial charge in [0.2, 0.25) is 5.91 Å². The molecular formula is C15H22N2O3S. The van der Waals surface area contributed by atoms with E-state index in [1.165, 1.54) is 11.3 Å². The highest BCUT2D eigenvalue weighted by Crippen LogP contribution is 2.30. The number of carbonyl (C=O) groups is 2. The van der Waals surface area contributed by atoms with Crippen LogP contribution in [0.4, 0.5) is 0 Å². The molecule has 5 nitrogen and oxygen atoms in total. The highest BCUT2D eigenvalue weighted by Gasteiger charge is 2.31. The van der Waals surface area contributed by atoms with Crippen LogP contribution in [0.5, 0.6) is 0 Å². The molecule has 1 aromatic rings. The maximum absolute atomic E-state index is 11.8. The van der Waals surface area contributed by atoms with E-state index in [-0.39, 0.29) is 18.2 Å². The second-order valence-electron chi connectivity index (χ2n) is 5.54. The fourth-order valence-corrected chi connectivity index (χ4v) is 3.26. The standard InChI is InChI=1S/C15H22N2O3S/c18-13(11-15(20)6-2-1-3-7-15)16-8-9-17-14(19)12-5-4-10-21-12/h4-5,10,20H,1-3,6-9,11H2,(H,16,18)(H,17,19). The molecule has 1 aromatic heterocycles. The van der Waals surface area contributed by atoms with Gasteiger partial charge in [0, 0.05) is 13.1 Å². The molecule has 1 fully saturated rings. The van der Waals surface area contributed by atoms with Gasteiger partial charge in [-0.25, -0.2) is 0 Å². The van der Waals surface area contributed by atoms with Crippen LogP contribution in [0.2, 0.25) is 0 Å². The van der Waals surface area contributed by atoms with Gasteiger partial charge in [0.1, 0.15) is 0 Å².